The summed E-state index contributed by atoms with van der Waals surface area (Å²) < 4.78 is 0. The van der Waals surface area contributed by atoms with E-state index in [2.05, 4.69) is 55.6 Å². The van der Waals surface area contributed by atoms with E-state index in [1.165, 1.54) is 16.7 Å². The molecule has 0 spiro atoms. The van der Waals surface area contributed by atoms with Gasteiger partial charge in [-0.3, -0.25) is 4.79 Å². The Morgan fingerprint density at radius 3 is 2.36 bits per heavy atom. The average molecular weight is 295 g/mol. The maximum Gasteiger partial charge on any atom is 0.219 e. The van der Waals surface area contributed by atoms with E-state index in [1.54, 1.807) is 0 Å². The molecule has 0 atom stereocenters. The summed E-state index contributed by atoms with van der Waals surface area (Å²) in [7, 11) is 0. The van der Waals surface area contributed by atoms with E-state index >= 15 is 0 Å². The van der Waals surface area contributed by atoms with Crippen molar-refractivity contribution >= 4 is 5.91 Å². The van der Waals surface area contributed by atoms with Gasteiger partial charge in [0.15, 0.2) is 0 Å². The molecule has 2 rings (SSSR count). The molecule has 2 nitrogen and oxygen atoms in total. The van der Waals surface area contributed by atoms with Gasteiger partial charge in [-0.2, -0.15) is 0 Å². The molecule has 0 heterocycles. The van der Waals surface area contributed by atoms with Gasteiger partial charge in [0, 0.05) is 13.0 Å². The molecule has 2 aromatic rings. The van der Waals surface area contributed by atoms with Gasteiger partial charge in [0.05, 0.1) is 0 Å². The van der Waals surface area contributed by atoms with E-state index in [0.29, 0.717) is 18.9 Å². The first kappa shape index (κ1) is 16.3. The Bertz CT molecular complexity index is 614. The Morgan fingerprint density at radius 2 is 1.73 bits per heavy atom. The predicted molar refractivity (Wildman–Crippen MR) is 92.6 cm³/mol. The molecule has 0 saturated heterocycles. The van der Waals surface area contributed by atoms with Crippen LogP contribution < -0.4 is 5.32 Å². The third-order valence-electron chi connectivity index (χ3n) is 3.67. The molecule has 2 aromatic carbocycles. The lowest BCUT2D eigenvalue weighted by Crippen LogP contribution is -2.21. The Hall–Kier alpha value is -2.09. The second-order valence-corrected chi connectivity index (χ2v) is 6.13. The topological polar surface area (TPSA) is 29.1 Å². The van der Waals surface area contributed by atoms with Crippen LogP contribution in [0.25, 0.3) is 11.1 Å². The molecule has 0 unspecified atom stereocenters. The van der Waals surface area contributed by atoms with Crippen molar-refractivity contribution in [1.82, 2.24) is 5.32 Å². The summed E-state index contributed by atoms with van der Waals surface area (Å²) in [5, 5.41) is 2.92. The summed E-state index contributed by atoms with van der Waals surface area (Å²) in [5.74, 6) is 0.764. The lowest BCUT2D eigenvalue weighted by Gasteiger charge is -2.09. The molecule has 1 N–H and O–H groups in total. The van der Waals surface area contributed by atoms with Crippen LogP contribution in [0.15, 0.2) is 48.5 Å². The second-order valence-electron chi connectivity index (χ2n) is 6.13. The standard InChI is InChI=1S/C20H25NO/c1-4-20(22)21-14-17-6-5-7-19(13-17)18-10-8-16(9-11-18)12-15(2)3/h5-11,13,15H,4,12,14H2,1-3H3,(H,21,22). The minimum absolute atomic E-state index is 0.0865. The first-order chi connectivity index (χ1) is 10.6. The molecule has 0 radical (unpaired) electrons. The largest absolute Gasteiger partial charge is 0.352 e. The monoisotopic (exact) mass is 295 g/mol. The summed E-state index contributed by atoms with van der Waals surface area (Å²) in [6.45, 7) is 6.93. The molecule has 0 bridgehead atoms. The van der Waals surface area contributed by atoms with E-state index < -0.39 is 0 Å². The molecule has 0 fully saturated rings. The maximum absolute atomic E-state index is 11.4. The number of amides is 1. The van der Waals surface area contributed by atoms with Crippen LogP contribution in [0.4, 0.5) is 0 Å². The Kier molecular flexibility index (Phi) is 5.76. The molecular weight excluding hydrogens is 270 g/mol. The fraction of sp³-hybridized carbons (Fsp3) is 0.350. The zero-order valence-corrected chi connectivity index (χ0v) is 13.7. The van der Waals surface area contributed by atoms with Crippen molar-refractivity contribution in [1.29, 1.82) is 0 Å². The van der Waals surface area contributed by atoms with Gasteiger partial charge >= 0.3 is 0 Å². The van der Waals surface area contributed by atoms with Gasteiger partial charge in [-0.1, -0.05) is 63.2 Å². The zero-order valence-electron chi connectivity index (χ0n) is 13.7. The second kappa shape index (κ2) is 7.79. The van der Waals surface area contributed by atoms with Crippen LogP contribution in [0.2, 0.25) is 0 Å². The quantitative estimate of drug-likeness (QED) is 0.830. The summed E-state index contributed by atoms with van der Waals surface area (Å²) >= 11 is 0. The van der Waals surface area contributed by atoms with Crippen LogP contribution in [0, 0.1) is 5.92 Å². The smallest absolute Gasteiger partial charge is 0.219 e. The van der Waals surface area contributed by atoms with Crippen molar-refractivity contribution in [3.8, 4) is 11.1 Å². The van der Waals surface area contributed by atoms with E-state index in [-0.39, 0.29) is 5.91 Å². The molecule has 2 heteroatoms. The molecule has 0 aliphatic heterocycles. The van der Waals surface area contributed by atoms with Crippen LogP contribution in [-0.2, 0) is 17.8 Å². The summed E-state index contributed by atoms with van der Waals surface area (Å²) in [4.78, 5) is 11.4. The lowest BCUT2D eigenvalue weighted by atomic mass is 9.98. The lowest BCUT2D eigenvalue weighted by molar-refractivity contribution is -0.120. The van der Waals surface area contributed by atoms with Crippen LogP contribution in [0.3, 0.4) is 0 Å². The highest BCUT2D eigenvalue weighted by Gasteiger charge is 2.03. The van der Waals surface area contributed by atoms with Gasteiger partial charge in [0.1, 0.15) is 0 Å². The minimum Gasteiger partial charge on any atom is -0.352 e. The maximum atomic E-state index is 11.4. The zero-order chi connectivity index (χ0) is 15.9. The van der Waals surface area contributed by atoms with Crippen LogP contribution in [0.1, 0.15) is 38.3 Å². The fourth-order valence-corrected chi connectivity index (χ4v) is 2.49. The molecule has 116 valence electrons. The van der Waals surface area contributed by atoms with E-state index in [1.807, 2.05) is 19.1 Å². The molecule has 0 saturated carbocycles. The molecular formula is C20H25NO. The third kappa shape index (κ3) is 4.73. The Morgan fingerprint density at radius 1 is 1.00 bits per heavy atom. The van der Waals surface area contributed by atoms with Crippen molar-refractivity contribution < 1.29 is 4.79 Å². The third-order valence-corrected chi connectivity index (χ3v) is 3.67. The summed E-state index contributed by atoms with van der Waals surface area (Å²) in [5.41, 5.74) is 4.92. The van der Waals surface area contributed by atoms with Gasteiger partial charge in [-0.25, -0.2) is 0 Å². The molecule has 1 amide bonds. The molecule has 0 aliphatic rings. The highest BCUT2D eigenvalue weighted by atomic mass is 16.1. The normalized spacial score (nSPS) is 10.7. The first-order valence-corrected chi connectivity index (χ1v) is 8.03. The molecule has 0 aliphatic carbocycles. The van der Waals surface area contributed by atoms with Gasteiger partial charge in [-0.05, 0) is 40.7 Å². The number of carbonyl (C=O) groups excluding carboxylic acids is 1. The van der Waals surface area contributed by atoms with Gasteiger partial charge < -0.3 is 5.32 Å². The van der Waals surface area contributed by atoms with Crippen LogP contribution in [0.5, 0.6) is 0 Å². The summed E-state index contributed by atoms with van der Waals surface area (Å²) in [6, 6.07) is 17.1. The predicted octanol–water partition coefficient (Wildman–Crippen LogP) is 4.58. The van der Waals surface area contributed by atoms with Crippen LogP contribution >= 0.6 is 0 Å². The highest BCUT2D eigenvalue weighted by Crippen LogP contribution is 2.22. The van der Waals surface area contributed by atoms with E-state index in [9.17, 15) is 4.79 Å². The number of carbonyl (C=O) groups is 1. The summed E-state index contributed by atoms with van der Waals surface area (Å²) in [6.07, 6.45) is 1.64. The number of benzene rings is 2. The number of hydrogen-bond donors (Lipinski definition) is 1. The van der Waals surface area contributed by atoms with Crippen molar-refractivity contribution in [2.24, 2.45) is 5.92 Å². The number of nitrogens with one attached hydrogen (secondary N) is 1. The van der Waals surface area contributed by atoms with Gasteiger partial charge in [0.2, 0.25) is 5.91 Å². The van der Waals surface area contributed by atoms with Crippen molar-refractivity contribution in [2.45, 2.75) is 40.2 Å². The highest BCUT2D eigenvalue weighted by molar-refractivity contribution is 5.75. The van der Waals surface area contributed by atoms with Crippen LogP contribution in [-0.4, -0.2) is 5.91 Å². The number of rotatable bonds is 6. The minimum atomic E-state index is 0.0865. The SMILES string of the molecule is CCC(=O)NCc1cccc(-c2ccc(CC(C)C)cc2)c1. The van der Waals surface area contributed by atoms with E-state index in [0.717, 1.165) is 12.0 Å². The molecule has 22 heavy (non-hydrogen) atoms. The Labute approximate surface area is 133 Å². The first-order valence-electron chi connectivity index (χ1n) is 8.03. The van der Waals surface area contributed by atoms with Crippen molar-refractivity contribution in [3.05, 3.63) is 59.7 Å². The van der Waals surface area contributed by atoms with Gasteiger partial charge in [-0.15, -0.1) is 0 Å². The number of hydrogen-bond acceptors (Lipinski definition) is 1. The van der Waals surface area contributed by atoms with Gasteiger partial charge in [0.25, 0.3) is 0 Å². The fourth-order valence-electron chi connectivity index (χ4n) is 2.49. The molecule has 0 aromatic heterocycles. The van der Waals surface area contributed by atoms with Crippen molar-refractivity contribution in [3.63, 3.8) is 0 Å². The van der Waals surface area contributed by atoms with Crippen molar-refractivity contribution in [2.75, 3.05) is 0 Å². The Balaban J connectivity index is 2.10. The average Bonchev–Trinajstić information content (AvgIpc) is 2.53. The van der Waals surface area contributed by atoms with E-state index in [4.69, 9.17) is 0 Å².